The fraction of sp³-hybridized carbons (Fsp3) is 0.286. The predicted molar refractivity (Wildman–Crippen MR) is 41.1 cm³/mol. The van der Waals surface area contributed by atoms with Crippen LogP contribution in [-0.2, 0) is 0 Å². The molecule has 1 aromatic heterocycles. The molecule has 1 rings (SSSR count). The highest BCUT2D eigenvalue weighted by Crippen LogP contribution is 2.07. The van der Waals surface area contributed by atoms with Crippen LogP contribution in [0.1, 0.15) is 21.7 Å². The standard InChI is InChI=1S/C7H8N4O/c1-4-6(5(2)11-10-4)7(12)9-3-8/h1-2H3,(H,9,12)(H,10,11). The molecule has 0 atom stereocenters. The number of nitriles is 1. The molecule has 1 amide bonds. The molecule has 5 nitrogen and oxygen atoms in total. The third-order valence-electron chi connectivity index (χ3n) is 1.52. The highest BCUT2D eigenvalue weighted by molar-refractivity contribution is 5.97. The van der Waals surface area contributed by atoms with Gasteiger partial charge >= 0.3 is 0 Å². The van der Waals surface area contributed by atoms with E-state index in [9.17, 15) is 4.79 Å². The van der Waals surface area contributed by atoms with Crippen LogP contribution in [0.4, 0.5) is 0 Å². The molecule has 2 N–H and O–H groups in total. The Bertz CT molecular complexity index is 327. The van der Waals surface area contributed by atoms with E-state index < -0.39 is 5.91 Å². The van der Waals surface area contributed by atoms with Crippen LogP contribution in [0, 0.1) is 25.3 Å². The maximum atomic E-state index is 11.2. The van der Waals surface area contributed by atoms with E-state index in [1.807, 2.05) is 5.32 Å². The third-order valence-corrected chi connectivity index (χ3v) is 1.52. The number of aryl methyl sites for hydroxylation is 2. The zero-order chi connectivity index (χ0) is 9.14. The number of hydrogen-bond acceptors (Lipinski definition) is 3. The molecular formula is C7H8N4O. The summed E-state index contributed by atoms with van der Waals surface area (Å²) in [5, 5.41) is 16.7. The number of rotatable bonds is 1. The van der Waals surface area contributed by atoms with Gasteiger partial charge in [-0.2, -0.15) is 10.4 Å². The van der Waals surface area contributed by atoms with E-state index in [2.05, 4.69) is 10.2 Å². The van der Waals surface area contributed by atoms with Crippen LogP contribution in [-0.4, -0.2) is 16.1 Å². The summed E-state index contributed by atoms with van der Waals surface area (Å²) >= 11 is 0. The third kappa shape index (κ3) is 1.27. The molecule has 5 heteroatoms. The first kappa shape index (κ1) is 8.27. The lowest BCUT2D eigenvalue weighted by Gasteiger charge is -1.95. The molecule has 0 fully saturated rings. The largest absolute Gasteiger partial charge is 0.282 e. The summed E-state index contributed by atoms with van der Waals surface area (Å²) in [6.07, 6.45) is 1.57. The quantitative estimate of drug-likeness (QED) is 0.460. The lowest BCUT2D eigenvalue weighted by Crippen LogP contribution is -2.18. The van der Waals surface area contributed by atoms with Gasteiger partial charge in [-0.3, -0.25) is 15.2 Å². The van der Waals surface area contributed by atoms with Crippen LogP contribution in [0.3, 0.4) is 0 Å². The second-order valence-electron chi connectivity index (χ2n) is 2.37. The highest BCUT2D eigenvalue weighted by atomic mass is 16.1. The van der Waals surface area contributed by atoms with E-state index in [1.54, 1.807) is 20.0 Å². The summed E-state index contributed by atoms with van der Waals surface area (Å²) in [5.41, 5.74) is 1.71. The molecule has 0 aliphatic heterocycles. The van der Waals surface area contributed by atoms with Gasteiger partial charge in [-0.05, 0) is 13.8 Å². The minimum Gasteiger partial charge on any atom is -0.282 e. The number of amides is 1. The lowest BCUT2D eigenvalue weighted by atomic mass is 10.2. The van der Waals surface area contributed by atoms with Crippen molar-refractivity contribution in [3.05, 3.63) is 17.0 Å². The first-order valence-corrected chi connectivity index (χ1v) is 3.37. The van der Waals surface area contributed by atoms with E-state index in [4.69, 9.17) is 5.26 Å². The summed E-state index contributed by atoms with van der Waals surface area (Å²) in [5.74, 6) is -0.416. The van der Waals surface area contributed by atoms with E-state index in [0.717, 1.165) is 0 Å². The number of carbonyl (C=O) groups excluding carboxylic acids is 1. The Morgan fingerprint density at radius 1 is 1.67 bits per heavy atom. The number of aromatic nitrogens is 2. The van der Waals surface area contributed by atoms with Crippen molar-refractivity contribution < 1.29 is 4.79 Å². The monoisotopic (exact) mass is 164 g/mol. The van der Waals surface area contributed by atoms with Crippen LogP contribution in [0.5, 0.6) is 0 Å². The molecular weight excluding hydrogens is 156 g/mol. The number of hydrogen-bond donors (Lipinski definition) is 2. The molecule has 0 saturated carbocycles. The minimum absolute atomic E-state index is 0.416. The summed E-state index contributed by atoms with van der Waals surface area (Å²) in [6.45, 7) is 3.43. The maximum absolute atomic E-state index is 11.2. The molecule has 1 aromatic rings. The van der Waals surface area contributed by atoms with Gasteiger partial charge in [0.1, 0.15) is 0 Å². The minimum atomic E-state index is -0.416. The van der Waals surface area contributed by atoms with Gasteiger partial charge in [0, 0.05) is 5.69 Å². The van der Waals surface area contributed by atoms with E-state index in [1.165, 1.54) is 0 Å². The zero-order valence-corrected chi connectivity index (χ0v) is 6.80. The number of carbonyl (C=O) groups is 1. The Morgan fingerprint density at radius 3 is 2.75 bits per heavy atom. The summed E-state index contributed by atoms with van der Waals surface area (Å²) in [6, 6.07) is 0. The van der Waals surface area contributed by atoms with Crippen LogP contribution in [0.25, 0.3) is 0 Å². The van der Waals surface area contributed by atoms with Crippen LogP contribution in [0.2, 0.25) is 0 Å². The van der Waals surface area contributed by atoms with Gasteiger partial charge in [0.05, 0.1) is 11.3 Å². The number of nitrogens with one attached hydrogen (secondary N) is 2. The molecule has 12 heavy (non-hydrogen) atoms. The van der Waals surface area contributed by atoms with Crippen molar-refractivity contribution >= 4 is 5.91 Å². The molecule has 0 aliphatic carbocycles. The molecule has 0 bridgehead atoms. The van der Waals surface area contributed by atoms with Crippen LogP contribution >= 0.6 is 0 Å². The average Bonchev–Trinajstić information content (AvgIpc) is 2.32. The Labute approximate surface area is 69.4 Å². The second kappa shape index (κ2) is 3.05. The van der Waals surface area contributed by atoms with Crippen molar-refractivity contribution in [1.82, 2.24) is 15.5 Å². The highest BCUT2D eigenvalue weighted by Gasteiger charge is 2.13. The zero-order valence-electron chi connectivity index (χ0n) is 6.80. The molecule has 1 heterocycles. The van der Waals surface area contributed by atoms with Gasteiger partial charge in [-0.25, -0.2) is 0 Å². The van der Waals surface area contributed by atoms with Gasteiger partial charge < -0.3 is 0 Å². The lowest BCUT2D eigenvalue weighted by molar-refractivity contribution is 0.0972. The van der Waals surface area contributed by atoms with Gasteiger partial charge in [0.25, 0.3) is 5.91 Å². The van der Waals surface area contributed by atoms with Crippen molar-refractivity contribution in [3.8, 4) is 6.19 Å². The van der Waals surface area contributed by atoms with Gasteiger partial charge in [0.15, 0.2) is 6.19 Å². The number of H-pyrrole nitrogens is 1. The first-order valence-electron chi connectivity index (χ1n) is 3.37. The van der Waals surface area contributed by atoms with Crippen molar-refractivity contribution in [2.75, 3.05) is 0 Å². The Kier molecular flexibility index (Phi) is 2.10. The maximum Gasteiger partial charge on any atom is 0.268 e. The molecule has 0 saturated heterocycles. The SMILES string of the molecule is Cc1n[nH]c(C)c1C(=O)NC#N. The second-order valence-corrected chi connectivity index (χ2v) is 2.37. The Morgan fingerprint density at radius 2 is 2.33 bits per heavy atom. The summed E-state index contributed by atoms with van der Waals surface area (Å²) < 4.78 is 0. The van der Waals surface area contributed by atoms with Gasteiger partial charge in [-0.15, -0.1) is 0 Å². The molecule has 0 aliphatic rings. The van der Waals surface area contributed by atoms with E-state index >= 15 is 0 Å². The van der Waals surface area contributed by atoms with Gasteiger partial charge in [0.2, 0.25) is 0 Å². The van der Waals surface area contributed by atoms with Crippen LogP contribution in [0.15, 0.2) is 0 Å². The molecule has 0 radical (unpaired) electrons. The fourth-order valence-corrected chi connectivity index (χ4v) is 0.999. The Balaban J connectivity index is 3.03. The number of nitrogens with zero attached hydrogens (tertiary/aromatic N) is 2. The van der Waals surface area contributed by atoms with Gasteiger partial charge in [-0.1, -0.05) is 0 Å². The van der Waals surface area contributed by atoms with Crippen molar-refractivity contribution in [2.45, 2.75) is 13.8 Å². The van der Waals surface area contributed by atoms with E-state index in [-0.39, 0.29) is 0 Å². The smallest absolute Gasteiger partial charge is 0.268 e. The molecule has 0 aromatic carbocycles. The van der Waals surface area contributed by atoms with Crippen molar-refractivity contribution in [1.29, 1.82) is 5.26 Å². The first-order chi connectivity index (χ1) is 5.66. The predicted octanol–water partition coefficient (Wildman–Crippen LogP) is 0.237. The number of aromatic amines is 1. The molecule has 62 valence electrons. The average molecular weight is 164 g/mol. The summed E-state index contributed by atoms with van der Waals surface area (Å²) in [4.78, 5) is 11.2. The van der Waals surface area contributed by atoms with Crippen LogP contribution < -0.4 is 5.32 Å². The van der Waals surface area contributed by atoms with E-state index in [0.29, 0.717) is 17.0 Å². The topological polar surface area (TPSA) is 81.6 Å². The van der Waals surface area contributed by atoms with Crippen molar-refractivity contribution in [2.24, 2.45) is 0 Å². The fourth-order valence-electron chi connectivity index (χ4n) is 0.999. The summed E-state index contributed by atoms with van der Waals surface area (Å²) in [7, 11) is 0. The Hall–Kier alpha value is -1.83. The molecule has 0 spiro atoms. The van der Waals surface area contributed by atoms with Crippen molar-refractivity contribution in [3.63, 3.8) is 0 Å². The molecule has 0 unspecified atom stereocenters. The normalized spacial score (nSPS) is 9.08.